The van der Waals surface area contributed by atoms with Gasteiger partial charge in [0.1, 0.15) is 5.82 Å². The Morgan fingerprint density at radius 3 is 2.89 bits per heavy atom. The number of halogens is 1. The van der Waals surface area contributed by atoms with Crippen molar-refractivity contribution in [1.82, 2.24) is 4.90 Å². The lowest BCUT2D eigenvalue weighted by atomic mass is 9.81. The van der Waals surface area contributed by atoms with E-state index in [0.717, 1.165) is 30.5 Å². The number of aliphatic hydroxyl groups is 1. The number of nitrogens with zero attached hydrogens (tertiary/aromatic N) is 1. The molecule has 1 aliphatic heterocycles. The largest absolute Gasteiger partial charge is 0.389 e. The van der Waals surface area contributed by atoms with Gasteiger partial charge in [-0.15, -0.1) is 0 Å². The van der Waals surface area contributed by atoms with Gasteiger partial charge in [-0.1, -0.05) is 6.07 Å². The van der Waals surface area contributed by atoms with E-state index in [-0.39, 0.29) is 5.82 Å². The standard InChI is InChI=1S/C15H22FNO/c1-11-4-5-14(16)8-13(11)10-15(18)6-7-17(3)12(2)9-15/h4-5,8,12,18H,6-7,9-10H2,1-3H3. The highest BCUT2D eigenvalue weighted by atomic mass is 19.1. The molecule has 1 aromatic rings. The zero-order valence-corrected chi connectivity index (χ0v) is 11.4. The molecule has 0 amide bonds. The van der Waals surface area contributed by atoms with Gasteiger partial charge in [0.05, 0.1) is 5.60 Å². The third kappa shape index (κ3) is 2.90. The van der Waals surface area contributed by atoms with Gasteiger partial charge in [-0.05, 0) is 57.0 Å². The minimum Gasteiger partial charge on any atom is -0.389 e. The molecule has 0 bridgehead atoms. The van der Waals surface area contributed by atoms with Crippen LogP contribution >= 0.6 is 0 Å². The van der Waals surface area contributed by atoms with Crippen LogP contribution in [-0.4, -0.2) is 35.2 Å². The van der Waals surface area contributed by atoms with Crippen LogP contribution in [-0.2, 0) is 6.42 Å². The average Bonchev–Trinajstić information content (AvgIpc) is 2.29. The molecular formula is C15H22FNO. The maximum atomic E-state index is 13.3. The van der Waals surface area contributed by atoms with Crippen molar-refractivity contribution in [3.63, 3.8) is 0 Å². The van der Waals surface area contributed by atoms with Gasteiger partial charge in [0.15, 0.2) is 0 Å². The summed E-state index contributed by atoms with van der Waals surface area (Å²) in [4.78, 5) is 2.26. The zero-order valence-electron chi connectivity index (χ0n) is 11.4. The average molecular weight is 251 g/mol. The van der Waals surface area contributed by atoms with E-state index in [1.807, 2.05) is 6.92 Å². The van der Waals surface area contributed by atoms with Crippen LogP contribution in [0.5, 0.6) is 0 Å². The molecule has 0 saturated carbocycles. The molecule has 0 radical (unpaired) electrons. The summed E-state index contributed by atoms with van der Waals surface area (Å²) in [5, 5.41) is 10.7. The third-order valence-electron chi connectivity index (χ3n) is 4.19. The van der Waals surface area contributed by atoms with Crippen molar-refractivity contribution in [3.05, 3.63) is 35.1 Å². The molecule has 100 valence electrons. The molecule has 0 aromatic heterocycles. The molecule has 1 aliphatic rings. The van der Waals surface area contributed by atoms with Crippen molar-refractivity contribution >= 4 is 0 Å². The van der Waals surface area contributed by atoms with Gasteiger partial charge in [-0.25, -0.2) is 4.39 Å². The van der Waals surface area contributed by atoms with Crippen LogP contribution in [0.2, 0.25) is 0 Å². The minimum atomic E-state index is -0.690. The molecule has 1 fully saturated rings. The summed E-state index contributed by atoms with van der Waals surface area (Å²) in [7, 11) is 2.08. The highest BCUT2D eigenvalue weighted by Crippen LogP contribution is 2.30. The van der Waals surface area contributed by atoms with Crippen LogP contribution in [0.25, 0.3) is 0 Å². The molecule has 1 aromatic carbocycles. The smallest absolute Gasteiger partial charge is 0.123 e. The Balaban J connectivity index is 2.15. The zero-order chi connectivity index (χ0) is 13.3. The Morgan fingerprint density at radius 2 is 2.22 bits per heavy atom. The van der Waals surface area contributed by atoms with Crippen LogP contribution in [0.3, 0.4) is 0 Å². The van der Waals surface area contributed by atoms with E-state index in [4.69, 9.17) is 0 Å². The number of benzene rings is 1. The van der Waals surface area contributed by atoms with E-state index in [0.29, 0.717) is 12.5 Å². The Bertz CT molecular complexity index is 435. The second kappa shape index (κ2) is 4.98. The first-order valence-electron chi connectivity index (χ1n) is 6.57. The first kappa shape index (κ1) is 13.5. The third-order valence-corrected chi connectivity index (χ3v) is 4.19. The molecule has 2 atom stereocenters. The lowest BCUT2D eigenvalue weighted by Crippen LogP contribution is -2.48. The van der Waals surface area contributed by atoms with Gasteiger partial charge in [0.2, 0.25) is 0 Å². The second-order valence-electron chi connectivity index (χ2n) is 5.76. The van der Waals surface area contributed by atoms with E-state index in [1.165, 1.54) is 6.07 Å². The maximum Gasteiger partial charge on any atom is 0.123 e. The van der Waals surface area contributed by atoms with Crippen molar-refractivity contribution in [3.8, 4) is 0 Å². The molecule has 0 aliphatic carbocycles. The number of aryl methyl sites for hydroxylation is 1. The molecule has 3 heteroatoms. The Kier molecular flexibility index (Phi) is 3.74. The summed E-state index contributed by atoms with van der Waals surface area (Å²) in [5.41, 5.74) is 1.29. The molecule has 2 unspecified atom stereocenters. The van der Waals surface area contributed by atoms with Crippen LogP contribution in [0, 0.1) is 12.7 Å². The van der Waals surface area contributed by atoms with E-state index in [9.17, 15) is 9.50 Å². The summed E-state index contributed by atoms with van der Waals surface area (Å²) in [6.07, 6.45) is 2.05. The van der Waals surface area contributed by atoms with Gasteiger partial charge in [-0.2, -0.15) is 0 Å². The summed E-state index contributed by atoms with van der Waals surface area (Å²) in [6.45, 7) is 4.99. The monoisotopic (exact) mass is 251 g/mol. The number of rotatable bonds is 2. The highest BCUT2D eigenvalue weighted by molar-refractivity contribution is 5.28. The predicted octanol–water partition coefficient (Wildman–Crippen LogP) is 2.52. The van der Waals surface area contributed by atoms with Crippen LogP contribution in [0.4, 0.5) is 4.39 Å². The number of likely N-dealkylation sites (tertiary alicyclic amines) is 1. The fourth-order valence-electron chi connectivity index (χ4n) is 2.76. The molecule has 2 rings (SSSR count). The number of hydrogen-bond donors (Lipinski definition) is 1. The second-order valence-corrected chi connectivity index (χ2v) is 5.76. The first-order chi connectivity index (χ1) is 8.39. The van der Waals surface area contributed by atoms with Crippen LogP contribution < -0.4 is 0 Å². The number of hydrogen-bond acceptors (Lipinski definition) is 2. The Hall–Kier alpha value is -0.930. The Labute approximate surface area is 108 Å². The molecular weight excluding hydrogens is 229 g/mol. The van der Waals surface area contributed by atoms with Crippen molar-refractivity contribution < 1.29 is 9.50 Å². The summed E-state index contributed by atoms with van der Waals surface area (Å²) >= 11 is 0. The molecule has 2 nitrogen and oxygen atoms in total. The van der Waals surface area contributed by atoms with Crippen molar-refractivity contribution in [2.24, 2.45) is 0 Å². The minimum absolute atomic E-state index is 0.222. The first-order valence-corrected chi connectivity index (χ1v) is 6.57. The van der Waals surface area contributed by atoms with Crippen molar-refractivity contribution in [2.75, 3.05) is 13.6 Å². The lowest BCUT2D eigenvalue weighted by Gasteiger charge is -2.41. The van der Waals surface area contributed by atoms with E-state index in [1.54, 1.807) is 12.1 Å². The van der Waals surface area contributed by atoms with E-state index >= 15 is 0 Å². The molecule has 18 heavy (non-hydrogen) atoms. The maximum absolute atomic E-state index is 13.3. The van der Waals surface area contributed by atoms with Crippen molar-refractivity contribution in [2.45, 2.75) is 44.8 Å². The predicted molar refractivity (Wildman–Crippen MR) is 71.1 cm³/mol. The molecule has 1 N–H and O–H groups in total. The molecule has 0 spiro atoms. The summed E-state index contributed by atoms with van der Waals surface area (Å²) in [6, 6.07) is 5.18. The lowest BCUT2D eigenvalue weighted by molar-refractivity contribution is -0.0354. The summed E-state index contributed by atoms with van der Waals surface area (Å²) in [5.74, 6) is -0.222. The fourth-order valence-corrected chi connectivity index (χ4v) is 2.76. The van der Waals surface area contributed by atoms with E-state index in [2.05, 4.69) is 18.9 Å². The highest BCUT2D eigenvalue weighted by Gasteiger charge is 2.35. The van der Waals surface area contributed by atoms with E-state index < -0.39 is 5.60 Å². The fraction of sp³-hybridized carbons (Fsp3) is 0.600. The Morgan fingerprint density at radius 1 is 1.50 bits per heavy atom. The quantitative estimate of drug-likeness (QED) is 0.873. The number of piperidine rings is 1. The van der Waals surface area contributed by atoms with Crippen LogP contribution in [0.1, 0.15) is 30.9 Å². The molecule has 1 saturated heterocycles. The topological polar surface area (TPSA) is 23.5 Å². The summed E-state index contributed by atoms with van der Waals surface area (Å²) < 4.78 is 13.3. The normalized spacial score (nSPS) is 29.5. The van der Waals surface area contributed by atoms with Gasteiger partial charge in [0.25, 0.3) is 0 Å². The van der Waals surface area contributed by atoms with Gasteiger partial charge < -0.3 is 10.0 Å². The SMILES string of the molecule is Cc1ccc(F)cc1CC1(O)CCN(C)C(C)C1. The van der Waals surface area contributed by atoms with Gasteiger partial charge >= 0.3 is 0 Å². The van der Waals surface area contributed by atoms with Gasteiger partial charge in [0, 0.05) is 19.0 Å². The van der Waals surface area contributed by atoms with Crippen LogP contribution in [0.15, 0.2) is 18.2 Å². The molecule has 1 heterocycles. The van der Waals surface area contributed by atoms with Gasteiger partial charge in [-0.3, -0.25) is 0 Å². The van der Waals surface area contributed by atoms with Crippen molar-refractivity contribution in [1.29, 1.82) is 0 Å².